The number of carbonyl (C=O) groups excluding carboxylic acids is 2. The smallest absolute Gasteiger partial charge is 0.237 e. The lowest BCUT2D eigenvalue weighted by Crippen LogP contribution is -2.24. The second kappa shape index (κ2) is 4.17. The Morgan fingerprint density at radius 3 is 2.71 bits per heavy atom. The lowest BCUT2D eigenvalue weighted by atomic mass is 9.76. The normalized spacial score (nSPS) is 20.0. The fourth-order valence-corrected chi connectivity index (χ4v) is 3.74. The maximum atomic E-state index is 12.6. The zero-order chi connectivity index (χ0) is 14.7. The van der Waals surface area contributed by atoms with Crippen molar-refractivity contribution in [3.63, 3.8) is 0 Å². The monoisotopic (exact) mass is 280 g/mol. The molecule has 1 aromatic heterocycles. The molecular weight excluding hydrogens is 264 g/mol. The Balaban J connectivity index is 2.06. The molecule has 0 unspecified atom stereocenters. The Morgan fingerprint density at radius 1 is 1.14 bits per heavy atom. The molecule has 0 amide bonds. The maximum Gasteiger partial charge on any atom is 0.237 e. The molecule has 2 aliphatic carbocycles. The van der Waals surface area contributed by atoms with E-state index in [2.05, 4.69) is 13.0 Å². The molecule has 0 aliphatic heterocycles. The van der Waals surface area contributed by atoms with E-state index in [0.717, 1.165) is 36.0 Å². The first kappa shape index (κ1) is 12.6. The van der Waals surface area contributed by atoms with Crippen LogP contribution in [0.15, 0.2) is 22.8 Å². The molecular formula is C18H16O3. The summed E-state index contributed by atoms with van der Waals surface area (Å²) in [5.74, 6) is 0.220. The van der Waals surface area contributed by atoms with Crippen LogP contribution < -0.4 is 0 Å². The number of hydrogen-bond acceptors (Lipinski definition) is 3. The number of fused-ring (bicyclic) bond motifs is 5. The molecule has 0 spiro atoms. The zero-order valence-electron chi connectivity index (χ0n) is 12.2. The van der Waals surface area contributed by atoms with Crippen LogP contribution in [-0.4, -0.2) is 11.6 Å². The van der Waals surface area contributed by atoms with E-state index in [9.17, 15) is 9.59 Å². The summed E-state index contributed by atoms with van der Waals surface area (Å²) >= 11 is 0. The van der Waals surface area contributed by atoms with Gasteiger partial charge in [-0.1, -0.05) is 19.1 Å². The van der Waals surface area contributed by atoms with Crippen molar-refractivity contribution >= 4 is 11.6 Å². The van der Waals surface area contributed by atoms with Crippen molar-refractivity contribution in [2.45, 2.75) is 39.0 Å². The average Bonchev–Trinajstić information content (AvgIpc) is 2.86. The lowest BCUT2D eigenvalue weighted by Gasteiger charge is -2.27. The maximum absolute atomic E-state index is 12.6. The molecule has 1 aromatic carbocycles. The minimum Gasteiger partial charge on any atom is -0.463 e. The molecule has 0 saturated heterocycles. The highest BCUT2D eigenvalue weighted by molar-refractivity contribution is 6.53. The minimum absolute atomic E-state index is 0.368. The molecule has 1 atom stereocenters. The number of rotatable bonds is 0. The van der Waals surface area contributed by atoms with Gasteiger partial charge in [-0.05, 0) is 48.8 Å². The number of aryl methyl sites for hydroxylation is 1. The summed E-state index contributed by atoms with van der Waals surface area (Å²) in [4.78, 5) is 25.0. The molecule has 3 heteroatoms. The van der Waals surface area contributed by atoms with Gasteiger partial charge in [-0.25, -0.2) is 0 Å². The number of furan rings is 1. The highest BCUT2D eigenvalue weighted by Crippen LogP contribution is 2.42. The second-order valence-corrected chi connectivity index (χ2v) is 6.13. The van der Waals surface area contributed by atoms with Crippen LogP contribution >= 0.6 is 0 Å². The number of Topliss-reactive ketones (excluding diaryl/α,β-unsaturated/α-hetero) is 2. The molecule has 2 aromatic rings. The first-order chi connectivity index (χ1) is 10.1. The van der Waals surface area contributed by atoms with Crippen LogP contribution in [0.5, 0.6) is 0 Å². The first-order valence-corrected chi connectivity index (χ1v) is 7.43. The molecule has 21 heavy (non-hydrogen) atoms. The highest BCUT2D eigenvalue weighted by atomic mass is 16.3. The molecule has 0 radical (unpaired) electrons. The van der Waals surface area contributed by atoms with Crippen molar-refractivity contribution in [1.82, 2.24) is 0 Å². The van der Waals surface area contributed by atoms with Gasteiger partial charge in [0.2, 0.25) is 11.6 Å². The van der Waals surface area contributed by atoms with Crippen LogP contribution in [0, 0.1) is 6.92 Å². The summed E-state index contributed by atoms with van der Waals surface area (Å²) in [6.07, 6.45) is 4.64. The van der Waals surface area contributed by atoms with Crippen molar-refractivity contribution in [2.24, 2.45) is 0 Å². The van der Waals surface area contributed by atoms with Gasteiger partial charge in [0.15, 0.2) is 0 Å². The van der Waals surface area contributed by atoms with Crippen LogP contribution in [0.2, 0.25) is 0 Å². The van der Waals surface area contributed by atoms with E-state index in [-0.39, 0.29) is 5.78 Å². The van der Waals surface area contributed by atoms with E-state index in [0.29, 0.717) is 22.8 Å². The van der Waals surface area contributed by atoms with Crippen molar-refractivity contribution in [1.29, 1.82) is 0 Å². The standard InChI is InChI=1S/C18H16O3/c1-9-4-3-5-12-11(9)6-7-13-15(12)17(20)16(19)14-10(2)8-21-18(13)14/h6-9H,3-5H2,1-2H3/t9-/m0/s1. The Hall–Kier alpha value is -2.16. The van der Waals surface area contributed by atoms with Crippen molar-refractivity contribution in [2.75, 3.05) is 0 Å². The van der Waals surface area contributed by atoms with E-state index < -0.39 is 5.78 Å². The minimum atomic E-state index is -0.421. The summed E-state index contributed by atoms with van der Waals surface area (Å²) in [7, 11) is 0. The van der Waals surface area contributed by atoms with Crippen LogP contribution in [-0.2, 0) is 6.42 Å². The number of carbonyl (C=O) groups is 2. The van der Waals surface area contributed by atoms with Gasteiger partial charge in [0.25, 0.3) is 0 Å². The van der Waals surface area contributed by atoms with Gasteiger partial charge in [-0.2, -0.15) is 0 Å². The average molecular weight is 280 g/mol. The third kappa shape index (κ3) is 1.54. The van der Waals surface area contributed by atoms with Crippen LogP contribution in [0.25, 0.3) is 11.3 Å². The summed E-state index contributed by atoms with van der Waals surface area (Å²) < 4.78 is 5.58. The van der Waals surface area contributed by atoms with Crippen LogP contribution in [0.1, 0.15) is 63.1 Å². The van der Waals surface area contributed by atoms with Crippen LogP contribution in [0.3, 0.4) is 0 Å². The Morgan fingerprint density at radius 2 is 1.90 bits per heavy atom. The second-order valence-electron chi connectivity index (χ2n) is 6.13. The molecule has 0 bridgehead atoms. The molecule has 106 valence electrons. The van der Waals surface area contributed by atoms with E-state index in [4.69, 9.17) is 4.42 Å². The predicted octanol–water partition coefficient (Wildman–Crippen LogP) is 4.07. The first-order valence-electron chi connectivity index (χ1n) is 7.43. The number of ketones is 2. The van der Waals surface area contributed by atoms with Gasteiger partial charge in [-0.15, -0.1) is 0 Å². The fraction of sp³-hybridized carbons (Fsp3) is 0.333. The summed E-state index contributed by atoms with van der Waals surface area (Å²) in [6, 6.07) is 4.05. The van der Waals surface area contributed by atoms with Gasteiger partial charge in [0.05, 0.1) is 11.8 Å². The Kier molecular flexibility index (Phi) is 2.49. The molecule has 3 nitrogen and oxygen atoms in total. The van der Waals surface area contributed by atoms with E-state index in [1.165, 1.54) is 5.56 Å². The van der Waals surface area contributed by atoms with Gasteiger partial charge in [0, 0.05) is 11.1 Å². The topological polar surface area (TPSA) is 47.3 Å². The van der Waals surface area contributed by atoms with Crippen molar-refractivity contribution < 1.29 is 14.0 Å². The van der Waals surface area contributed by atoms with E-state index in [1.807, 2.05) is 6.07 Å². The van der Waals surface area contributed by atoms with Gasteiger partial charge in [0.1, 0.15) is 5.76 Å². The fourth-order valence-electron chi connectivity index (χ4n) is 3.74. The zero-order valence-corrected chi connectivity index (χ0v) is 12.2. The van der Waals surface area contributed by atoms with Crippen molar-refractivity contribution in [3.8, 4) is 11.3 Å². The SMILES string of the molecule is Cc1coc2c1C(=O)C(=O)c1c-2ccc2c1CCC[C@@H]2C. The number of hydrogen-bond donors (Lipinski definition) is 0. The number of benzene rings is 1. The lowest BCUT2D eigenvalue weighted by molar-refractivity contribution is 0.0813. The van der Waals surface area contributed by atoms with Gasteiger partial charge >= 0.3 is 0 Å². The van der Waals surface area contributed by atoms with E-state index >= 15 is 0 Å². The molecule has 1 heterocycles. The molecule has 4 rings (SSSR count). The Bertz CT molecular complexity index is 795. The van der Waals surface area contributed by atoms with Crippen molar-refractivity contribution in [3.05, 3.63) is 46.2 Å². The molecule has 0 fully saturated rings. The highest BCUT2D eigenvalue weighted by Gasteiger charge is 2.37. The van der Waals surface area contributed by atoms with Gasteiger partial charge < -0.3 is 4.42 Å². The third-order valence-electron chi connectivity index (χ3n) is 4.82. The van der Waals surface area contributed by atoms with E-state index in [1.54, 1.807) is 13.2 Å². The summed E-state index contributed by atoms with van der Waals surface area (Å²) in [6.45, 7) is 3.99. The van der Waals surface area contributed by atoms with Crippen LogP contribution in [0.4, 0.5) is 0 Å². The summed E-state index contributed by atoms with van der Waals surface area (Å²) in [5.41, 5.74) is 4.83. The largest absolute Gasteiger partial charge is 0.463 e. The molecule has 0 saturated carbocycles. The molecule has 2 aliphatic rings. The third-order valence-corrected chi connectivity index (χ3v) is 4.82. The predicted molar refractivity (Wildman–Crippen MR) is 78.9 cm³/mol. The Labute approximate surface area is 123 Å². The molecule has 0 N–H and O–H groups in total. The van der Waals surface area contributed by atoms with Gasteiger partial charge in [-0.3, -0.25) is 9.59 Å². The quantitative estimate of drug-likeness (QED) is 0.683. The summed E-state index contributed by atoms with van der Waals surface area (Å²) in [5, 5.41) is 0.